The highest BCUT2D eigenvalue weighted by Crippen LogP contribution is 2.44. The van der Waals surface area contributed by atoms with Crippen LogP contribution in [-0.2, 0) is 10.0 Å². The molecule has 3 heterocycles. The maximum Gasteiger partial charge on any atom is 0.229 e. The molecule has 2 aromatic carbocycles. The van der Waals surface area contributed by atoms with Crippen molar-refractivity contribution in [2.45, 2.75) is 32.9 Å². The first-order chi connectivity index (χ1) is 17.6. The Morgan fingerprint density at radius 2 is 1.70 bits per heavy atom. The summed E-state index contributed by atoms with van der Waals surface area (Å²) in [6.45, 7) is 6.35. The summed E-state index contributed by atoms with van der Waals surface area (Å²) in [6.07, 6.45) is 2.93. The molecule has 2 aromatic heterocycles. The number of nitrogens with one attached hydrogen (secondary N) is 2. The van der Waals surface area contributed by atoms with Crippen molar-refractivity contribution in [3.63, 3.8) is 0 Å². The van der Waals surface area contributed by atoms with Gasteiger partial charge in [-0.05, 0) is 98.7 Å². The Labute approximate surface area is 223 Å². The molecule has 37 heavy (non-hydrogen) atoms. The summed E-state index contributed by atoms with van der Waals surface area (Å²) in [7, 11) is -3.37. The van der Waals surface area contributed by atoms with Gasteiger partial charge in [-0.2, -0.15) is 0 Å². The molecule has 1 saturated heterocycles. The van der Waals surface area contributed by atoms with E-state index in [0.29, 0.717) is 10.8 Å². The van der Waals surface area contributed by atoms with Gasteiger partial charge in [-0.3, -0.25) is 9.71 Å². The number of anilines is 2. The van der Waals surface area contributed by atoms with Gasteiger partial charge < -0.3 is 14.8 Å². The fraction of sp³-hybridized carbons (Fsp3) is 0.214. The zero-order chi connectivity index (χ0) is 26.3. The van der Waals surface area contributed by atoms with Crippen molar-refractivity contribution >= 4 is 38.7 Å². The predicted octanol–water partition coefficient (Wildman–Crippen LogP) is 5.35. The van der Waals surface area contributed by atoms with Crippen LogP contribution >= 0.6 is 12.2 Å². The third kappa shape index (κ3) is 4.97. The molecule has 2 atom stereocenters. The fourth-order valence-electron chi connectivity index (χ4n) is 5.10. The topological polar surface area (TPSA) is 79.3 Å². The molecule has 0 spiro atoms. The van der Waals surface area contributed by atoms with Crippen molar-refractivity contribution in [2.75, 3.05) is 15.9 Å². The number of hydrogen-bond acceptors (Lipinski definition) is 4. The zero-order valence-electron chi connectivity index (χ0n) is 21.1. The van der Waals surface area contributed by atoms with Crippen LogP contribution < -0.4 is 14.9 Å². The summed E-state index contributed by atoms with van der Waals surface area (Å²) in [5.41, 5.74) is 7.97. The van der Waals surface area contributed by atoms with Gasteiger partial charge in [0.05, 0.1) is 24.0 Å². The molecule has 5 rings (SSSR count). The largest absolute Gasteiger partial charge is 0.351 e. The second-order valence-corrected chi connectivity index (χ2v) is 11.6. The number of benzene rings is 2. The molecule has 0 radical (unpaired) electrons. The number of hydrogen-bond donors (Lipinski definition) is 2. The van der Waals surface area contributed by atoms with Crippen molar-refractivity contribution in [3.8, 4) is 5.69 Å². The van der Waals surface area contributed by atoms with Crippen LogP contribution in [0.5, 0.6) is 0 Å². The van der Waals surface area contributed by atoms with Gasteiger partial charge >= 0.3 is 0 Å². The Morgan fingerprint density at radius 1 is 0.946 bits per heavy atom. The SMILES string of the molecule is Cc1cccc(-n2c(C)cc([C@@H]3[C@@H](c4ccccn4)NC(=S)N3c3ccc(NS(C)(=O)=O)cc3)c2C)c1. The third-order valence-electron chi connectivity index (χ3n) is 6.60. The average Bonchev–Trinajstić information content (AvgIpc) is 3.34. The molecule has 9 heteroatoms. The first-order valence-corrected chi connectivity index (χ1v) is 14.3. The van der Waals surface area contributed by atoms with Gasteiger partial charge in [0.15, 0.2) is 5.11 Å². The Balaban J connectivity index is 1.63. The standard InChI is InChI=1S/C28H29N5O2S2/c1-18-8-7-9-23(16-18)32-19(2)17-24(20(32)3)27-26(25-10-5-6-15-29-25)30-28(36)33(27)22-13-11-21(12-14-22)31-37(4,34)35/h5-17,26-27,31H,1-4H3,(H,30,36)/t26-,27-/m1/s1. The maximum absolute atomic E-state index is 11.7. The fourth-order valence-corrected chi connectivity index (χ4v) is 6.01. The van der Waals surface area contributed by atoms with Crippen LogP contribution in [0.25, 0.3) is 5.69 Å². The Morgan fingerprint density at radius 3 is 2.35 bits per heavy atom. The molecule has 1 aliphatic heterocycles. The van der Waals surface area contributed by atoms with Crippen molar-refractivity contribution in [1.82, 2.24) is 14.9 Å². The van der Waals surface area contributed by atoms with E-state index in [-0.39, 0.29) is 12.1 Å². The normalized spacial score (nSPS) is 17.6. The molecule has 0 amide bonds. The predicted molar refractivity (Wildman–Crippen MR) is 153 cm³/mol. The molecular weight excluding hydrogens is 502 g/mol. The van der Waals surface area contributed by atoms with Gasteiger partial charge in [0.25, 0.3) is 0 Å². The van der Waals surface area contributed by atoms with E-state index in [9.17, 15) is 8.42 Å². The Kier molecular flexibility index (Phi) is 6.51. The van der Waals surface area contributed by atoms with Gasteiger partial charge in [-0.15, -0.1) is 0 Å². The van der Waals surface area contributed by atoms with Crippen molar-refractivity contribution in [1.29, 1.82) is 0 Å². The molecule has 4 aromatic rings. The van der Waals surface area contributed by atoms with Crippen LogP contribution in [-0.4, -0.2) is 29.3 Å². The molecular formula is C28H29N5O2S2. The quantitative estimate of drug-likeness (QED) is 0.327. The van der Waals surface area contributed by atoms with Gasteiger partial charge in [0.1, 0.15) is 0 Å². The smallest absolute Gasteiger partial charge is 0.229 e. The van der Waals surface area contributed by atoms with Crippen molar-refractivity contribution in [3.05, 3.63) is 107 Å². The van der Waals surface area contributed by atoms with E-state index in [1.54, 1.807) is 18.3 Å². The minimum Gasteiger partial charge on any atom is -0.351 e. The number of sulfonamides is 1. The van der Waals surface area contributed by atoms with Crippen LogP contribution in [0.3, 0.4) is 0 Å². The van der Waals surface area contributed by atoms with Crippen LogP contribution in [0.1, 0.15) is 40.3 Å². The lowest BCUT2D eigenvalue weighted by Crippen LogP contribution is -2.29. The second-order valence-electron chi connectivity index (χ2n) is 9.42. The number of aromatic nitrogens is 2. The van der Waals surface area contributed by atoms with E-state index in [0.717, 1.165) is 40.3 Å². The van der Waals surface area contributed by atoms with E-state index in [1.165, 1.54) is 5.56 Å². The Bertz CT molecular complexity index is 1560. The summed E-state index contributed by atoms with van der Waals surface area (Å²) in [5.74, 6) is 0. The van der Waals surface area contributed by atoms with E-state index < -0.39 is 10.0 Å². The second kappa shape index (κ2) is 9.64. The minimum absolute atomic E-state index is 0.166. The van der Waals surface area contributed by atoms with Gasteiger partial charge in [-0.25, -0.2) is 8.42 Å². The molecule has 0 aliphatic carbocycles. The van der Waals surface area contributed by atoms with Crippen molar-refractivity contribution < 1.29 is 8.42 Å². The number of rotatable bonds is 6. The van der Waals surface area contributed by atoms with Gasteiger partial charge in [0, 0.05) is 34.6 Å². The molecule has 0 saturated carbocycles. The highest BCUT2D eigenvalue weighted by Gasteiger charge is 2.42. The lowest BCUT2D eigenvalue weighted by atomic mass is 9.96. The monoisotopic (exact) mass is 531 g/mol. The van der Waals surface area contributed by atoms with Crippen molar-refractivity contribution in [2.24, 2.45) is 0 Å². The van der Waals surface area contributed by atoms with E-state index >= 15 is 0 Å². The number of aryl methyl sites for hydroxylation is 2. The minimum atomic E-state index is -3.37. The van der Waals surface area contributed by atoms with E-state index in [2.05, 4.69) is 75.6 Å². The molecule has 1 fully saturated rings. The summed E-state index contributed by atoms with van der Waals surface area (Å²) in [4.78, 5) is 6.75. The lowest BCUT2D eigenvalue weighted by molar-refractivity contribution is 0.565. The number of thiocarbonyl (C=S) groups is 1. The first kappa shape index (κ1) is 25.0. The van der Waals surface area contributed by atoms with E-state index in [1.807, 2.05) is 30.3 Å². The van der Waals surface area contributed by atoms with Crippen LogP contribution in [0.4, 0.5) is 11.4 Å². The molecule has 1 aliphatic rings. The van der Waals surface area contributed by atoms with Crippen LogP contribution in [0.15, 0.2) is 79.0 Å². The molecule has 7 nitrogen and oxygen atoms in total. The average molecular weight is 532 g/mol. The molecule has 0 unspecified atom stereocenters. The summed E-state index contributed by atoms with van der Waals surface area (Å²) in [5, 5.41) is 4.09. The summed E-state index contributed by atoms with van der Waals surface area (Å²) >= 11 is 5.86. The summed E-state index contributed by atoms with van der Waals surface area (Å²) < 4.78 is 28.2. The highest BCUT2D eigenvalue weighted by atomic mass is 32.2. The molecule has 190 valence electrons. The van der Waals surface area contributed by atoms with Crippen LogP contribution in [0, 0.1) is 20.8 Å². The number of nitrogens with zero attached hydrogens (tertiary/aromatic N) is 3. The first-order valence-electron chi connectivity index (χ1n) is 12.0. The van der Waals surface area contributed by atoms with E-state index in [4.69, 9.17) is 12.2 Å². The molecule has 2 N–H and O–H groups in total. The summed E-state index contributed by atoms with van der Waals surface area (Å²) in [6, 6.07) is 23.5. The number of pyridine rings is 1. The maximum atomic E-state index is 11.7. The third-order valence-corrected chi connectivity index (χ3v) is 7.52. The van der Waals surface area contributed by atoms with Gasteiger partial charge in [-0.1, -0.05) is 18.2 Å². The highest BCUT2D eigenvalue weighted by molar-refractivity contribution is 7.92. The van der Waals surface area contributed by atoms with Crippen LogP contribution in [0.2, 0.25) is 0 Å². The molecule has 0 bridgehead atoms. The lowest BCUT2D eigenvalue weighted by Gasteiger charge is -2.28. The Hall–Kier alpha value is -3.69. The zero-order valence-corrected chi connectivity index (χ0v) is 22.8. The van der Waals surface area contributed by atoms with Gasteiger partial charge in [0.2, 0.25) is 10.0 Å².